The van der Waals surface area contributed by atoms with Gasteiger partial charge in [0.05, 0.1) is 12.0 Å². The summed E-state index contributed by atoms with van der Waals surface area (Å²) in [5, 5.41) is 5.44. The summed E-state index contributed by atoms with van der Waals surface area (Å²) in [7, 11) is 0. The van der Waals surface area contributed by atoms with E-state index in [1.165, 1.54) is 23.1 Å². The molecule has 0 aliphatic carbocycles. The molecule has 2 fully saturated rings. The number of nitrogens with one attached hydrogen (secondary N) is 2. The van der Waals surface area contributed by atoms with Crippen molar-refractivity contribution in [2.45, 2.75) is 69.5 Å². The molecule has 3 amide bonds. The Labute approximate surface area is 196 Å². The number of cyclic esters (lactones) is 1. The quantitative estimate of drug-likeness (QED) is 0.477. The van der Waals surface area contributed by atoms with Crippen molar-refractivity contribution in [3.8, 4) is 0 Å². The van der Waals surface area contributed by atoms with E-state index in [1.807, 2.05) is 12.2 Å². The topological polar surface area (TPSA) is 114 Å². The Hall–Kier alpha value is -3.27. The molecule has 2 saturated heterocycles. The lowest BCUT2D eigenvalue weighted by Gasteiger charge is -2.34. The predicted molar refractivity (Wildman–Crippen MR) is 118 cm³/mol. The number of nitrogens with zero attached hydrogens (tertiary/aromatic N) is 1. The highest BCUT2D eigenvalue weighted by atomic mass is 19.1. The lowest BCUT2D eigenvalue weighted by atomic mass is 10.0. The normalized spacial score (nSPS) is 28.6. The van der Waals surface area contributed by atoms with Crippen molar-refractivity contribution >= 4 is 23.7 Å². The lowest BCUT2D eigenvalue weighted by molar-refractivity contribution is -0.164. The average Bonchev–Trinajstić information content (AvgIpc) is 3.37. The zero-order valence-corrected chi connectivity index (χ0v) is 18.9. The molecule has 34 heavy (non-hydrogen) atoms. The van der Waals surface area contributed by atoms with E-state index < -0.39 is 53.9 Å². The molecular formula is C24H28FN3O6. The number of ether oxygens (including phenoxy) is 2. The minimum absolute atomic E-state index is 0.00936. The van der Waals surface area contributed by atoms with Crippen LogP contribution in [0.25, 0.3) is 0 Å². The Bertz CT molecular complexity index is 999. The van der Waals surface area contributed by atoms with E-state index in [1.54, 1.807) is 13.0 Å². The highest BCUT2D eigenvalue weighted by Crippen LogP contribution is 2.30. The van der Waals surface area contributed by atoms with Crippen LogP contribution in [0.4, 0.5) is 4.39 Å². The molecule has 1 aromatic carbocycles. The van der Waals surface area contributed by atoms with Crippen LogP contribution in [0.3, 0.4) is 0 Å². The first-order chi connectivity index (χ1) is 16.4. The van der Waals surface area contributed by atoms with Gasteiger partial charge in [-0.1, -0.05) is 24.3 Å². The van der Waals surface area contributed by atoms with Gasteiger partial charge in [-0.05, 0) is 44.7 Å². The molecular weight excluding hydrogens is 445 g/mol. The fourth-order valence-corrected chi connectivity index (χ4v) is 4.72. The van der Waals surface area contributed by atoms with Crippen molar-refractivity contribution in [2.75, 3.05) is 6.61 Å². The molecule has 3 aliphatic rings. The van der Waals surface area contributed by atoms with Gasteiger partial charge in [-0.15, -0.1) is 0 Å². The van der Waals surface area contributed by atoms with Gasteiger partial charge in [0.15, 0.2) is 0 Å². The van der Waals surface area contributed by atoms with E-state index in [0.717, 1.165) is 0 Å². The average molecular weight is 474 g/mol. The van der Waals surface area contributed by atoms with Crippen LogP contribution < -0.4 is 10.6 Å². The summed E-state index contributed by atoms with van der Waals surface area (Å²) in [6.07, 6.45) is 4.78. The van der Waals surface area contributed by atoms with Crippen LogP contribution in [0.1, 0.15) is 49.4 Å². The van der Waals surface area contributed by atoms with Crippen LogP contribution in [0.15, 0.2) is 36.4 Å². The molecule has 4 rings (SSSR count). The Kier molecular flexibility index (Phi) is 7.26. The molecule has 182 valence electrons. The third-order valence-electron chi connectivity index (χ3n) is 6.35. The highest BCUT2D eigenvalue weighted by molar-refractivity contribution is 5.99. The maximum absolute atomic E-state index is 14.1. The van der Waals surface area contributed by atoms with Crippen molar-refractivity contribution in [3.05, 3.63) is 47.8 Å². The molecule has 3 heterocycles. The van der Waals surface area contributed by atoms with Crippen molar-refractivity contribution in [1.29, 1.82) is 0 Å². The van der Waals surface area contributed by atoms with Crippen LogP contribution in [-0.4, -0.2) is 65.7 Å². The first-order valence-electron chi connectivity index (χ1n) is 11.5. The molecule has 0 saturated carbocycles. The molecule has 2 unspecified atom stereocenters. The number of hydrogen-bond acceptors (Lipinski definition) is 6. The van der Waals surface area contributed by atoms with Crippen molar-refractivity contribution in [2.24, 2.45) is 0 Å². The standard InChI is InChI=1S/C24H28FN3O6/c1-2-33-24-18(13-20(29)34-24)27-22(31)19-12-11-14-7-3-6-10-17(23(32)28(14)19)26-21(30)15-8-4-5-9-16(15)25/h3-6,8-9,14,17-19,24H,2,7,10-13H2,1H3,(H,26,30)(H,27,31)/t14-,17+,18?,19+,24?/m1/s1. The summed E-state index contributed by atoms with van der Waals surface area (Å²) in [5.74, 6) is -2.62. The SMILES string of the molecule is CCOC1OC(=O)CC1NC(=O)[C@@H]1CC[C@H]2CC=CC[C@H](NC(=O)c3ccccc3F)C(=O)N21. The number of fused-ring (bicyclic) bond motifs is 1. The molecule has 0 bridgehead atoms. The number of halogens is 1. The summed E-state index contributed by atoms with van der Waals surface area (Å²) >= 11 is 0. The second-order valence-corrected chi connectivity index (χ2v) is 8.57. The molecule has 5 atom stereocenters. The Morgan fingerprint density at radius 1 is 1.15 bits per heavy atom. The van der Waals surface area contributed by atoms with Gasteiger partial charge in [-0.3, -0.25) is 19.2 Å². The van der Waals surface area contributed by atoms with Gasteiger partial charge < -0.3 is 25.0 Å². The predicted octanol–water partition coefficient (Wildman–Crippen LogP) is 1.43. The molecule has 0 aromatic heterocycles. The number of hydrogen-bond donors (Lipinski definition) is 2. The zero-order chi connectivity index (χ0) is 24.2. The second-order valence-electron chi connectivity index (χ2n) is 8.57. The first-order valence-corrected chi connectivity index (χ1v) is 11.5. The summed E-state index contributed by atoms with van der Waals surface area (Å²) in [5.41, 5.74) is -0.151. The minimum Gasteiger partial charge on any atom is -0.433 e. The summed E-state index contributed by atoms with van der Waals surface area (Å²) in [4.78, 5) is 52.6. The van der Waals surface area contributed by atoms with Gasteiger partial charge in [-0.2, -0.15) is 0 Å². The molecule has 1 aromatic rings. The van der Waals surface area contributed by atoms with Crippen molar-refractivity contribution < 1.29 is 33.0 Å². The van der Waals surface area contributed by atoms with E-state index >= 15 is 0 Å². The summed E-state index contributed by atoms with van der Waals surface area (Å²) in [6.45, 7) is 2.07. The van der Waals surface area contributed by atoms with Crippen LogP contribution in [0.5, 0.6) is 0 Å². The smallest absolute Gasteiger partial charge is 0.310 e. The van der Waals surface area contributed by atoms with E-state index in [4.69, 9.17) is 9.47 Å². The largest absolute Gasteiger partial charge is 0.433 e. The van der Waals surface area contributed by atoms with Gasteiger partial charge in [0.2, 0.25) is 18.1 Å². The Morgan fingerprint density at radius 3 is 2.68 bits per heavy atom. The maximum Gasteiger partial charge on any atom is 0.310 e. The third-order valence-corrected chi connectivity index (χ3v) is 6.35. The number of esters is 1. The molecule has 2 N–H and O–H groups in total. The molecule has 3 aliphatic heterocycles. The van der Waals surface area contributed by atoms with Gasteiger partial charge in [0.25, 0.3) is 5.91 Å². The number of amides is 3. The Balaban J connectivity index is 1.49. The first kappa shape index (κ1) is 23.9. The minimum atomic E-state index is -0.938. The number of benzene rings is 1. The van der Waals surface area contributed by atoms with Crippen LogP contribution in [0.2, 0.25) is 0 Å². The maximum atomic E-state index is 14.1. The van der Waals surface area contributed by atoms with Crippen LogP contribution in [-0.2, 0) is 23.9 Å². The van der Waals surface area contributed by atoms with Gasteiger partial charge >= 0.3 is 5.97 Å². The molecule has 0 radical (unpaired) electrons. The second kappa shape index (κ2) is 10.3. The van der Waals surface area contributed by atoms with E-state index in [9.17, 15) is 23.6 Å². The lowest BCUT2D eigenvalue weighted by Crippen LogP contribution is -2.57. The summed E-state index contributed by atoms with van der Waals surface area (Å²) in [6, 6.07) is 3.02. The van der Waals surface area contributed by atoms with Gasteiger partial charge in [0, 0.05) is 12.6 Å². The van der Waals surface area contributed by atoms with E-state index in [-0.39, 0.29) is 24.4 Å². The van der Waals surface area contributed by atoms with Crippen molar-refractivity contribution in [3.63, 3.8) is 0 Å². The number of carbonyl (C=O) groups is 4. The fraction of sp³-hybridized carbons (Fsp3) is 0.500. The van der Waals surface area contributed by atoms with Gasteiger partial charge in [0.1, 0.15) is 23.9 Å². The monoisotopic (exact) mass is 473 g/mol. The molecule has 9 nitrogen and oxygen atoms in total. The van der Waals surface area contributed by atoms with Gasteiger partial charge in [-0.25, -0.2) is 4.39 Å². The Morgan fingerprint density at radius 2 is 1.91 bits per heavy atom. The van der Waals surface area contributed by atoms with Crippen LogP contribution >= 0.6 is 0 Å². The van der Waals surface area contributed by atoms with E-state index in [2.05, 4.69) is 10.6 Å². The molecule has 10 heteroatoms. The number of carbonyl (C=O) groups excluding carboxylic acids is 4. The zero-order valence-electron chi connectivity index (χ0n) is 18.9. The summed E-state index contributed by atoms with van der Waals surface area (Å²) < 4.78 is 24.6. The fourth-order valence-electron chi connectivity index (χ4n) is 4.72. The highest BCUT2D eigenvalue weighted by Gasteiger charge is 2.45. The third kappa shape index (κ3) is 4.96. The number of rotatable bonds is 6. The van der Waals surface area contributed by atoms with Crippen molar-refractivity contribution in [1.82, 2.24) is 15.5 Å². The van der Waals surface area contributed by atoms with E-state index in [0.29, 0.717) is 25.9 Å². The van der Waals surface area contributed by atoms with Crippen LogP contribution in [0, 0.1) is 5.82 Å². The molecule has 0 spiro atoms.